The Morgan fingerprint density at radius 2 is 2.06 bits per heavy atom. The van der Waals surface area contributed by atoms with Gasteiger partial charge in [-0.25, -0.2) is 9.18 Å². The summed E-state index contributed by atoms with van der Waals surface area (Å²) in [5.41, 5.74) is 9.31. The largest absolute Gasteiger partial charge is 0.478 e. The normalized spacial score (nSPS) is 9.81. The molecule has 0 spiro atoms. The fraction of sp³-hybridized carbons (Fsp3) is 0.111. The SMILES string of the molecule is NC(=O)CNc1ccc(F)c(N)c1C(=O)O. The fourth-order valence-corrected chi connectivity index (χ4v) is 1.15. The fourth-order valence-electron chi connectivity index (χ4n) is 1.15. The molecule has 0 fully saturated rings. The van der Waals surface area contributed by atoms with Crippen LogP contribution >= 0.6 is 0 Å². The highest BCUT2D eigenvalue weighted by atomic mass is 19.1. The summed E-state index contributed by atoms with van der Waals surface area (Å²) in [5, 5.41) is 11.3. The lowest BCUT2D eigenvalue weighted by atomic mass is 10.1. The van der Waals surface area contributed by atoms with Crippen molar-refractivity contribution in [1.82, 2.24) is 0 Å². The minimum Gasteiger partial charge on any atom is -0.478 e. The monoisotopic (exact) mass is 227 g/mol. The summed E-state index contributed by atoms with van der Waals surface area (Å²) in [4.78, 5) is 21.3. The highest BCUT2D eigenvalue weighted by Crippen LogP contribution is 2.24. The van der Waals surface area contributed by atoms with E-state index in [1.807, 2.05) is 0 Å². The first-order valence-corrected chi connectivity index (χ1v) is 4.27. The number of carboxylic acid groups (broad SMARTS) is 1. The smallest absolute Gasteiger partial charge is 0.340 e. The molecule has 0 aliphatic rings. The van der Waals surface area contributed by atoms with E-state index < -0.39 is 28.9 Å². The standard InChI is InChI=1S/C9H10FN3O3/c10-4-1-2-5(13-3-6(11)14)7(8(4)12)9(15)16/h1-2,13H,3,12H2,(H2,11,14)(H,15,16). The minimum atomic E-state index is -1.39. The summed E-state index contributed by atoms with van der Waals surface area (Å²) in [5.74, 6) is -2.88. The third-order valence-electron chi connectivity index (χ3n) is 1.86. The number of benzene rings is 1. The number of nitrogen functional groups attached to an aromatic ring is 1. The Kier molecular flexibility index (Phi) is 3.29. The first-order valence-electron chi connectivity index (χ1n) is 4.27. The molecule has 1 aromatic carbocycles. The molecule has 1 rings (SSSR count). The van der Waals surface area contributed by atoms with Gasteiger partial charge in [0.15, 0.2) is 0 Å². The molecular weight excluding hydrogens is 217 g/mol. The molecule has 16 heavy (non-hydrogen) atoms. The van der Waals surface area contributed by atoms with Crippen molar-refractivity contribution in [2.75, 3.05) is 17.6 Å². The summed E-state index contributed by atoms with van der Waals surface area (Å²) >= 11 is 0. The van der Waals surface area contributed by atoms with Gasteiger partial charge in [-0.05, 0) is 12.1 Å². The second kappa shape index (κ2) is 4.47. The van der Waals surface area contributed by atoms with Crippen LogP contribution in [-0.4, -0.2) is 23.5 Å². The van der Waals surface area contributed by atoms with Gasteiger partial charge in [-0.3, -0.25) is 4.79 Å². The van der Waals surface area contributed by atoms with Gasteiger partial charge in [0.05, 0.1) is 17.9 Å². The van der Waals surface area contributed by atoms with Gasteiger partial charge < -0.3 is 21.9 Å². The number of amides is 1. The molecule has 1 amide bonds. The number of carbonyl (C=O) groups excluding carboxylic acids is 1. The Balaban J connectivity index is 3.13. The van der Waals surface area contributed by atoms with E-state index >= 15 is 0 Å². The molecule has 0 saturated carbocycles. The number of aromatic carboxylic acids is 1. The van der Waals surface area contributed by atoms with Crippen molar-refractivity contribution >= 4 is 23.3 Å². The van der Waals surface area contributed by atoms with Crippen LogP contribution in [0.1, 0.15) is 10.4 Å². The molecule has 1 aromatic rings. The lowest BCUT2D eigenvalue weighted by Gasteiger charge is -2.10. The van der Waals surface area contributed by atoms with E-state index in [4.69, 9.17) is 16.6 Å². The van der Waals surface area contributed by atoms with E-state index in [-0.39, 0.29) is 12.2 Å². The Morgan fingerprint density at radius 3 is 2.56 bits per heavy atom. The summed E-state index contributed by atoms with van der Waals surface area (Å²) in [7, 11) is 0. The number of hydrogen-bond acceptors (Lipinski definition) is 4. The number of hydrogen-bond donors (Lipinski definition) is 4. The number of nitrogens with one attached hydrogen (secondary N) is 1. The van der Waals surface area contributed by atoms with Gasteiger partial charge in [-0.2, -0.15) is 0 Å². The molecule has 0 heterocycles. The van der Waals surface area contributed by atoms with Gasteiger partial charge in [-0.15, -0.1) is 0 Å². The van der Waals surface area contributed by atoms with Crippen molar-refractivity contribution in [3.8, 4) is 0 Å². The molecule has 86 valence electrons. The van der Waals surface area contributed by atoms with E-state index in [0.717, 1.165) is 6.07 Å². The summed E-state index contributed by atoms with van der Waals surface area (Å²) < 4.78 is 13.0. The molecule has 0 radical (unpaired) electrons. The molecular formula is C9H10FN3O3. The van der Waals surface area contributed by atoms with Gasteiger partial charge >= 0.3 is 5.97 Å². The van der Waals surface area contributed by atoms with Crippen LogP contribution < -0.4 is 16.8 Å². The lowest BCUT2D eigenvalue weighted by Crippen LogP contribution is -2.23. The molecule has 0 aliphatic heterocycles. The third-order valence-corrected chi connectivity index (χ3v) is 1.86. The lowest BCUT2D eigenvalue weighted by molar-refractivity contribution is -0.116. The highest BCUT2D eigenvalue weighted by Gasteiger charge is 2.17. The van der Waals surface area contributed by atoms with Crippen LogP contribution in [0.5, 0.6) is 0 Å². The molecule has 0 atom stereocenters. The Hall–Kier alpha value is -2.31. The Bertz CT molecular complexity index is 448. The molecule has 7 heteroatoms. The zero-order chi connectivity index (χ0) is 12.3. The van der Waals surface area contributed by atoms with Crippen molar-refractivity contribution in [1.29, 1.82) is 0 Å². The summed E-state index contributed by atoms with van der Waals surface area (Å²) in [6.45, 7) is -0.259. The molecule has 0 bridgehead atoms. The molecule has 0 aliphatic carbocycles. The average Bonchev–Trinajstić information content (AvgIpc) is 2.19. The van der Waals surface area contributed by atoms with Crippen LogP contribution in [0.25, 0.3) is 0 Å². The molecule has 0 aromatic heterocycles. The van der Waals surface area contributed by atoms with Crippen LogP contribution in [-0.2, 0) is 4.79 Å². The second-order valence-corrected chi connectivity index (χ2v) is 3.01. The number of rotatable bonds is 4. The van der Waals surface area contributed by atoms with Crippen molar-refractivity contribution < 1.29 is 19.1 Å². The third kappa shape index (κ3) is 2.38. The maximum Gasteiger partial charge on any atom is 0.340 e. The van der Waals surface area contributed by atoms with Crippen LogP contribution in [0.15, 0.2) is 12.1 Å². The van der Waals surface area contributed by atoms with Crippen molar-refractivity contribution in [2.45, 2.75) is 0 Å². The first kappa shape index (κ1) is 11.8. The van der Waals surface area contributed by atoms with Crippen molar-refractivity contribution in [3.05, 3.63) is 23.5 Å². The number of carbonyl (C=O) groups is 2. The molecule has 0 unspecified atom stereocenters. The van der Waals surface area contributed by atoms with Crippen LogP contribution in [0.2, 0.25) is 0 Å². The highest BCUT2D eigenvalue weighted by molar-refractivity contribution is 6.00. The molecule has 6 nitrogen and oxygen atoms in total. The van der Waals surface area contributed by atoms with E-state index in [0.29, 0.717) is 0 Å². The Morgan fingerprint density at radius 1 is 1.44 bits per heavy atom. The predicted molar refractivity (Wildman–Crippen MR) is 55.5 cm³/mol. The number of halogens is 1. The van der Waals surface area contributed by atoms with Crippen LogP contribution in [0, 0.1) is 5.82 Å². The van der Waals surface area contributed by atoms with Crippen molar-refractivity contribution in [3.63, 3.8) is 0 Å². The maximum absolute atomic E-state index is 13.0. The van der Waals surface area contributed by atoms with Gasteiger partial charge in [0.25, 0.3) is 0 Å². The predicted octanol–water partition coefficient (Wildman–Crippen LogP) is 0.00330. The van der Waals surface area contributed by atoms with Crippen LogP contribution in [0.3, 0.4) is 0 Å². The van der Waals surface area contributed by atoms with Gasteiger partial charge in [-0.1, -0.05) is 0 Å². The number of primary amides is 1. The van der Waals surface area contributed by atoms with E-state index in [1.54, 1.807) is 0 Å². The van der Waals surface area contributed by atoms with Crippen molar-refractivity contribution in [2.24, 2.45) is 5.73 Å². The van der Waals surface area contributed by atoms with Gasteiger partial charge in [0.1, 0.15) is 11.4 Å². The van der Waals surface area contributed by atoms with E-state index in [1.165, 1.54) is 6.07 Å². The minimum absolute atomic E-state index is 0.0465. The van der Waals surface area contributed by atoms with E-state index in [2.05, 4.69) is 5.32 Å². The second-order valence-electron chi connectivity index (χ2n) is 3.01. The zero-order valence-corrected chi connectivity index (χ0v) is 8.16. The number of carboxylic acids is 1. The molecule has 6 N–H and O–H groups in total. The van der Waals surface area contributed by atoms with Gasteiger partial charge in [0, 0.05) is 0 Å². The quantitative estimate of drug-likeness (QED) is 0.540. The first-order chi connectivity index (χ1) is 7.43. The summed E-state index contributed by atoms with van der Waals surface area (Å²) in [6, 6.07) is 2.18. The van der Waals surface area contributed by atoms with Crippen LogP contribution in [0.4, 0.5) is 15.8 Å². The molecule has 0 saturated heterocycles. The maximum atomic E-state index is 13.0. The topological polar surface area (TPSA) is 118 Å². The number of anilines is 2. The number of nitrogens with two attached hydrogens (primary N) is 2. The summed E-state index contributed by atoms with van der Waals surface area (Å²) in [6.07, 6.45) is 0. The zero-order valence-electron chi connectivity index (χ0n) is 8.16. The average molecular weight is 227 g/mol. The van der Waals surface area contributed by atoms with Gasteiger partial charge in [0.2, 0.25) is 5.91 Å². The van der Waals surface area contributed by atoms with E-state index in [9.17, 15) is 14.0 Å². The Labute approximate surface area is 90.0 Å².